The number of fused-ring (bicyclic) bond motifs is 14. The predicted molar refractivity (Wildman–Crippen MR) is 253 cm³/mol. The van der Waals surface area contributed by atoms with Crippen LogP contribution in [0.15, 0.2) is 150 Å². The minimum absolute atomic E-state index is 0.0721. The Morgan fingerprint density at radius 3 is 1.98 bits per heavy atom. The van der Waals surface area contributed by atoms with Gasteiger partial charge in [-0.25, -0.2) is 0 Å². The lowest BCUT2D eigenvalue weighted by Gasteiger charge is -2.24. The van der Waals surface area contributed by atoms with Gasteiger partial charge in [0, 0.05) is 85.0 Å². The molecule has 273 valence electrons. The molecule has 0 spiro atoms. The number of nitrogens with one attached hydrogen (secondary N) is 1. The molecule has 0 aliphatic carbocycles. The zero-order valence-electron chi connectivity index (χ0n) is 32.1. The molecule has 6 heteroatoms. The molecule has 8 aromatic carbocycles. The summed E-state index contributed by atoms with van der Waals surface area (Å²) >= 11 is 3.77. The highest BCUT2D eigenvalue weighted by atomic mass is 32.1. The molecule has 0 fully saturated rings. The Morgan fingerprint density at radius 1 is 0.534 bits per heavy atom. The summed E-state index contributed by atoms with van der Waals surface area (Å²) in [5, 5.41) is 13.9. The average molecular weight is 778 g/mol. The van der Waals surface area contributed by atoms with Crippen LogP contribution in [0.5, 0.6) is 0 Å². The second kappa shape index (κ2) is 11.6. The fourth-order valence-corrected chi connectivity index (χ4v) is 11.8. The highest BCUT2D eigenvalue weighted by Crippen LogP contribution is 2.45. The van der Waals surface area contributed by atoms with Gasteiger partial charge < -0.3 is 14.3 Å². The Balaban J connectivity index is 1.12. The molecule has 1 radical (unpaired) electrons. The molecule has 3 nitrogen and oxygen atoms in total. The highest BCUT2D eigenvalue weighted by molar-refractivity contribution is 7.26. The maximum atomic E-state index is 6.51. The zero-order valence-corrected chi connectivity index (χ0v) is 33.7. The topological polar surface area (TPSA) is 30.1 Å². The number of anilines is 2. The fraction of sp³-hybridized carbons (Fsp3) is 0.0769. The first-order chi connectivity index (χ1) is 28.3. The van der Waals surface area contributed by atoms with Crippen molar-refractivity contribution in [2.24, 2.45) is 0 Å². The van der Waals surface area contributed by atoms with Gasteiger partial charge >= 0.3 is 0 Å². The molecule has 13 rings (SSSR count). The van der Waals surface area contributed by atoms with E-state index in [2.05, 4.69) is 177 Å². The number of thiophene rings is 2. The Kier molecular flexibility index (Phi) is 6.56. The molecule has 58 heavy (non-hydrogen) atoms. The van der Waals surface area contributed by atoms with Gasteiger partial charge in [0.1, 0.15) is 11.2 Å². The van der Waals surface area contributed by atoms with E-state index < -0.39 is 0 Å². The molecule has 12 aromatic rings. The van der Waals surface area contributed by atoms with Crippen molar-refractivity contribution in [1.82, 2.24) is 4.57 Å². The quantitative estimate of drug-likeness (QED) is 0.181. The van der Waals surface area contributed by atoms with Crippen molar-refractivity contribution >= 4 is 136 Å². The van der Waals surface area contributed by atoms with Crippen molar-refractivity contribution in [1.29, 1.82) is 0 Å². The minimum atomic E-state index is 0.0721. The van der Waals surface area contributed by atoms with Crippen LogP contribution < -0.4 is 16.2 Å². The van der Waals surface area contributed by atoms with Gasteiger partial charge in [-0.15, -0.1) is 22.7 Å². The number of nitrogens with zero attached hydrogens (tertiary/aromatic N) is 1. The van der Waals surface area contributed by atoms with Crippen LogP contribution in [0.2, 0.25) is 0 Å². The number of hydrogen-bond acceptors (Lipinski definition) is 4. The second-order valence-electron chi connectivity index (χ2n) is 16.8. The maximum Gasteiger partial charge on any atom is 0.197 e. The van der Waals surface area contributed by atoms with Crippen LogP contribution in [0, 0.1) is 0 Å². The van der Waals surface area contributed by atoms with E-state index in [9.17, 15) is 0 Å². The van der Waals surface area contributed by atoms with Crippen molar-refractivity contribution in [3.05, 3.63) is 151 Å². The van der Waals surface area contributed by atoms with Crippen molar-refractivity contribution in [3.63, 3.8) is 0 Å². The SMILES string of the molecule is CC(C)(C)c1ccc(Nc2cc3oc4ccccc4c3cc2-c2ccc3c4cc5sc6ccccc6c5cc4n4c3c2[B]c2cc3c(cc2-4)sc2ccccc23)cc1. The van der Waals surface area contributed by atoms with Gasteiger partial charge in [-0.2, -0.15) is 0 Å². The summed E-state index contributed by atoms with van der Waals surface area (Å²) in [4.78, 5) is 0. The van der Waals surface area contributed by atoms with E-state index in [1.165, 1.54) is 89.9 Å². The Bertz CT molecular complexity index is 3720. The second-order valence-corrected chi connectivity index (χ2v) is 19.0. The van der Waals surface area contributed by atoms with E-state index in [4.69, 9.17) is 4.42 Å². The number of aromatic nitrogens is 1. The van der Waals surface area contributed by atoms with Crippen LogP contribution in [0.3, 0.4) is 0 Å². The lowest BCUT2D eigenvalue weighted by Crippen LogP contribution is -2.37. The molecule has 1 aliphatic heterocycles. The first-order valence-corrected chi connectivity index (χ1v) is 21.5. The minimum Gasteiger partial charge on any atom is -0.456 e. The van der Waals surface area contributed by atoms with Crippen molar-refractivity contribution < 1.29 is 4.42 Å². The van der Waals surface area contributed by atoms with E-state index in [0.717, 1.165) is 38.9 Å². The monoisotopic (exact) mass is 777 g/mol. The van der Waals surface area contributed by atoms with Gasteiger partial charge in [0.2, 0.25) is 0 Å². The summed E-state index contributed by atoms with van der Waals surface area (Å²) in [6, 6.07) is 53.9. The van der Waals surface area contributed by atoms with Crippen LogP contribution in [0.1, 0.15) is 26.3 Å². The van der Waals surface area contributed by atoms with Crippen LogP contribution in [-0.2, 0) is 5.41 Å². The number of furan rings is 1. The first-order valence-electron chi connectivity index (χ1n) is 19.9. The van der Waals surface area contributed by atoms with E-state index in [1.54, 1.807) is 0 Å². The molecule has 1 N–H and O–H groups in total. The summed E-state index contributed by atoms with van der Waals surface area (Å²) in [7, 11) is 2.45. The summed E-state index contributed by atoms with van der Waals surface area (Å²) in [6.45, 7) is 6.78. The lowest BCUT2D eigenvalue weighted by atomic mass is 9.59. The van der Waals surface area contributed by atoms with E-state index in [1.807, 2.05) is 28.7 Å². The standard InChI is InChI=1S/C52H34BN2OS2/c1-52(2,3)28-16-18-29(19-17-28)54-41-26-45-37(30-10-4-7-13-44(30)56-45)22-35(41)33-20-21-34-36-25-48-39(32-12-6-9-15-47(32)57-48)24-42(36)55-43-27-49-38(23-40(43)53-50(33)51(34)55)31-11-5-8-14-46(31)58-49/h4-27,54H,1-3H3. The fourth-order valence-electron chi connectivity index (χ4n) is 9.53. The van der Waals surface area contributed by atoms with Crippen LogP contribution >= 0.6 is 22.7 Å². The van der Waals surface area contributed by atoms with Gasteiger partial charge in [0.15, 0.2) is 7.28 Å². The molecule has 5 heterocycles. The molecule has 0 saturated heterocycles. The zero-order chi connectivity index (χ0) is 38.4. The molecule has 0 bridgehead atoms. The molecule has 0 unspecified atom stereocenters. The number of hydrogen-bond donors (Lipinski definition) is 1. The molecule has 0 atom stereocenters. The molecule has 0 amide bonds. The first kappa shape index (κ1) is 32.7. The molecule has 0 saturated carbocycles. The molecule has 1 aliphatic rings. The number of para-hydroxylation sites is 1. The molecular formula is C52H34BN2OS2. The summed E-state index contributed by atoms with van der Waals surface area (Å²) in [6.07, 6.45) is 0. The highest BCUT2D eigenvalue weighted by Gasteiger charge is 2.29. The van der Waals surface area contributed by atoms with Gasteiger partial charge in [-0.3, -0.25) is 0 Å². The Morgan fingerprint density at radius 2 is 1.22 bits per heavy atom. The average Bonchev–Trinajstić information content (AvgIpc) is 3.98. The third-order valence-corrected chi connectivity index (χ3v) is 14.6. The van der Waals surface area contributed by atoms with Gasteiger partial charge in [-0.1, -0.05) is 111 Å². The Labute approximate surface area is 343 Å². The van der Waals surface area contributed by atoms with Gasteiger partial charge in [-0.05, 0) is 82.0 Å². The van der Waals surface area contributed by atoms with Crippen molar-refractivity contribution in [3.8, 4) is 16.8 Å². The third kappa shape index (κ3) is 4.61. The summed E-state index contributed by atoms with van der Waals surface area (Å²) in [5.41, 5.74) is 13.7. The third-order valence-electron chi connectivity index (χ3n) is 12.4. The molecule has 4 aromatic heterocycles. The van der Waals surface area contributed by atoms with Gasteiger partial charge in [0.05, 0.1) is 11.2 Å². The van der Waals surface area contributed by atoms with E-state index in [0.29, 0.717) is 0 Å². The Hall–Kier alpha value is -6.34. The van der Waals surface area contributed by atoms with Crippen LogP contribution in [0.4, 0.5) is 11.4 Å². The molecular weight excluding hydrogens is 744 g/mol. The normalized spacial score (nSPS) is 12.9. The van der Waals surface area contributed by atoms with Gasteiger partial charge in [0.25, 0.3) is 0 Å². The van der Waals surface area contributed by atoms with Crippen LogP contribution in [-0.4, -0.2) is 11.8 Å². The number of benzene rings is 8. The maximum absolute atomic E-state index is 6.51. The van der Waals surface area contributed by atoms with E-state index >= 15 is 0 Å². The predicted octanol–water partition coefficient (Wildman–Crippen LogP) is 14.1. The summed E-state index contributed by atoms with van der Waals surface area (Å²) in [5.74, 6) is 0. The largest absolute Gasteiger partial charge is 0.456 e. The van der Waals surface area contributed by atoms with Crippen LogP contribution in [0.25, 0.3) is 101 Å². The summed E-state index contributed by atoms with van der Waals surface area (Å²) < 4.78 is 14.4. The van der Waals surface area contributed by atoms with Crippen molar-refractivity contribution in [2.45, 2.75) is 26.2 Å². The number of rotatable bonds is 3. The smallest absolute Gasteiger partial charge is 0.197 e. The van der Waals surface area contributed by atoms with E-state index in [-0.39, 0.29) is 5.41 Å². The lowest BCUT2D eigenvalue weighted by molar-refractivity contribution is 0.590. The van der Waals surface area contributed by atoms with Crippen molar-refractivity contribution in [2.75, 3.05) is 5.32 Å².